The van der Waals surface area contributed by atoms with Crippen molar-refractivity contribution in [1.29, 1.82) is 0 Å². The Labute approximate surface area is 120 Å². The third-order valence-electron chi connectivity index (χ3n) is 2.51. The number of imide groups is 1. The van der Waals surface area contributed by atoms with Crippen LogP contribution in [0.2, 0.25) is 5.02 Å². The summed E-state index contributed by atoms with van der Waals surface area (Å²) in [6.07, 6.45) is 1.97. The molecule has 0 unspecified atom stereocenters. The molecule has 4 N–H and O–H groups in total. The lowest BCUT2D eigenvalue weighted by molar-refractivity contribution is -0.117. The fourth-order valence-electron chi connectivity index (χ4n) is 1.36. The molecule has 0 aliphatic heterocycles. The summed E-state index contributed by atoms with van der Waals surface area (Å²) >= 11 is 7.17. The monoisotopic (exact) mass is 299 g/mol. The number of rotatable bonds is 4. The van der Waals surface area contributed by atoms with Gasteiger partial charge in [0.05, 0.1) is 16.5 Å². The van der Waals surface area contributed by atoms with Crippen molar-refractivity contribution in [2.24, 2.45) is 0 Å². The summed E-state index contributed by atoms with van der Waals surface area (Å²) in [5.41, 5.74) is 6.09. The van der Waals surface area contributed by atoms with E-state index in [-0.39, 0.29) is 17.7 Å². The fourth-order valence-corrected chi connectivity index (χ4v) is 2.34. The van der Waals surface area contributed by atoms with Crippen LogP contribution in [0.3, 0.4) is 0 Å². The van der Waals surface area contributed by atoms with Gasteiger partial charge in [-0.25, -0.2) is 4.79 Å². The van der Waals surface area contributed by atoms with Crippen LogP contribution in [-0.2, 0) is 4.79 Å². The Balaban J connectivity index is 1.75. The maximum absolute atomic E-state index is 11.5. The van der Waals surface area contributed by atoms with Gasteiger partial charge in [-0.1, -0.05) is 11.6 Å². The number of carbonyl (C=O) groups excluding carboxylic acids is 2. The first-order valence-electron chi connectivity index (χ1n) is 5.83. The highest BCUT2D eigenvalue weighted by atomic mass is 35.5. The van der Waals surface area contributed by atoms with E-state index in [1.54, 1.807) is 18.2 Å². The molecule has 0 aromatic heterocycles. The minimum atomic E-state index is -0.427. The van der Waals surface area contributed by atoms with Crippen molar-refractivity contribution in [3.8, 4) is 0 Å². The smallest absolute Gasteiger partial charge is 0.321 e. The van der Waals surface area contributed by atoms with Gasteiger partial charge in [0, 0.05) is 10.9 Å². The second-order valence-electron chi connectivity index (χ2n) is 4.27. The number of urea groups is 1. The van der Waals surface area contributed by atoms with Crippen LogP contribution in [0.5, 0.6) is 0 Å². The van der Waals surface area contributed by atoms with E-state index >= 15 is 0 Å². The molecule has 2 rings (SSSR count). The lowest BCUT2D eigenvalue weighted by atomic mass is 10.3. The minimum absolute atomic E-state index is 0.151. The van der Waals surface area contributed by atoms with Gasteiger partial charge in [0.2, 0.25) is 5.91 Å². The highest BCUT2D eigenvalue weighted by molar-refractivity contribution is 8.00. The highest BCUT2D eigenvalue weighted by Gasteiger charge is 2.23. The van der Waals surface area contributed by atoms with Crippen LogP contribution in [0.4, 0.5) is 10.5 Å². The van der Waals surface area contributed by atoms with Crippen molar-refractivity contribution < 1.29 is 9.59 Å². The van der Waals surface area contributed by atoms with Crippen LogP contribution in [0.25, 0.3) is 0 Å². The van der Waals surface area contributed by atoms with Crippen molar-refractivity contribution in [2.45, 2.75) is 23.8 Å². The zero-order valence-electron chi connectivity index (χ0n) is 10.1. The summed E-state index contributed by atoms with van der Waals surface area (Å²) in [6, 6.07) is 4.96. The molecule has 1 saturated carbocycles. The predicted molar refractivity (Wildman–Crippen MR) is 76.3 cm³/mol. The van der Waals surface area contributed by atoms with E-state index in [9.17, 15) is 9.59 Å². The molecule has 1 fully saturated rings. The fraction of sp³-hybridized carbons (Fsp3) is 0.333. The molecule has 0 bridgehead atoms. The van der Waals surface area contributed by atoms with E-state index in [1.807, 2.05) is 0 Å². The Morgan fingerprint density at radius 1 is 1.42 bits per heavy atom. The molecule has 1 aliphatic rings. The first-order chi connectivity index (χ1) is 9.04. The molecule has 7 heteroatoms. The average molecular weight is 300 g/mol. The van der Waals surface area contributed by atoms with Gasteiger partial charge in [0.15, 0.2) is 0 Å². The highest BCUT2D eigenvalue weighted by Crippen LogP contribution is 2.26. The number of nitrogens with one attached hydrogen (secondary N) is 2. The number of carbonyl (C=O) groups is 2. The number of anilines is 1. The van der Waals surface area contributed by atoms with E-state index < -0.39 is 6.03 Å². The number of hydrogen-bond donors (Lipinski definition) is 3. The molecule has 19 heavy (non-hydrogen) atoms. The SMILES string of the molecule is Nc1ccc(SCC(=O)NC(=O)NC2CC2)cc1Cl. The summed E-state index contributed by atoms with van der Waals surface area (Å²) in [6.45, 7) is 0. The van der Waals surface area contributed by atoms with Crippen LogP contribution in [-0.4, -0.2) is 23.7 Å². The van der Waals surface area contributed by atoms with Gasteiger partial charge in [0.1, 0.15) is 0 Å². The molecular weight excluding hydrogens is 286 g/mol. The van der Waals surface area contributed by atoms with Crippen LogP contribution in [0, 0.1) is 0 Å². The van der Waals surface area contributed by atoms with Crippen LogP contribution in [0.15, 0.2) is 23.1 Å². The molecule has 1 aromatic carbocycles. The number of nitrogens with two attached hydrogens (primary N) is 1. The van der Waals surface area contributed by atoms with Gasteiger partial charge in [-0.3, -0.25) is 10.1 Å². The standard InChI is InChI=1S/C12H14ClN3O2S/c13-9-5-8(3-4-10(9)14)19-6-11(17)16-12(18)15-7-1-2-7/h3-5,7H,1-2,6,14H2,(H2,15,16,17,18). The number of halogens is 1. The second-order valence-corrected chi connectivity index (χ2v) is 5.72. The maximum Gasteiger partial charge on any atom is 0.321 e. The number of thioether (sulfide) groups is 1. The quantitative estimate of drug-likeness (QED) is 0.586. The zero-order valence-corrected chi connectivity index (χ0v) is 11.7. The van der Waals surface area contributed by atoms with Gasteiger partial charge >= 0.3 is 6.03 Å². The molecule has 102 valence electrons. The van der Waals surface area contributed by atoms with E-state index in [0.29, 0.717) is 10.7 Å². The van der Waals surface area contributed by atoms with E-state index in [0.717, 1.165) is 17.7 Å². The summed E-state index contributed by atoms with van der Waals surface area (Å²) in [5.74, 6) is -0.186. The third kappa shape index (κ3) is 4.65. The van der Waals surface area contributed by atoms with E-state index in [1.165, 1.54) is 11.8 Å². The Kier molecular flexibility index (Phi) is 4.55. The van der Waals surface area contributed by atoms with Crippen LogP contribution in [0.1, 0.15) is 12.8 Å². The number of nitrogen functional groups attached to an aromatic ring is 1. The molecule has 0 spiro atoms. The van der Waals surface area contributed by atoms with Crippen molar-refractivity contribution in [3.05, 3.63) is 23.2 Å². The Morgan fingerprint density at radius 2 is 2.16 bits per heavy atom. The molecule has 5 nitrogen and oxygen atoms in total. The summed E-state index contributed by atoms with van der Waals surface area (Å²) in [4.78, 5) is 23.7. The Hall–Kier alpha value is -1.40. The second kappa shape index (κ2) is 6.16. The molecule has 1 aliphatic carbocycles. The predicted octanol–water partition coefficient (Wildman–Crippen LogP) is 2.00. The first-order valence-corrected chi connectivity index (χ1v) is 7.19. The van der Waals surface area contributed by atoms with Gasteiger partial charge in [-0.05, 0) is 31.0 Å². The van der Waals surface area contributed by atoms with E-state index in [2.05, 4.69) is 10.6 Å². The van der Waals surface area contributed by atoms with Gasteiger partial charge in [-0.2, -0.15) is 0 Å². The Bertz CT molecular complexity index is 506. The van der Waals surface area contributed by atoms with Gasteiger partial charge in [-0.15, -0.1) is 11.8 Å². The summed E-state index contributed by atoms with van der Waals surface area (Å²) in [7, 11) is 0. The lowest BCUT2D eigenvalue weighted by Gasteiger charge is -2.06. The summed E-state index contributed by atoms with van der Waals surface area (Å²) < 4.78 is 0. The molecule has 0 heterocycles. The topological polar surface area (TPSA) is 84.2 Å². The Morgan fingerprint density at radius 3 is 2.79 bits per heavy atom. The van der Waals surface area contributed by atoms with E-state index in [4.69, 9.17) is 17.3 Å². The van der Waals surface area contributed by atoms with Gasteiger partial charge in [0.25, 0.3) is 0 Å². The third-order valence-corrected chi connectivity index (χ3v) is 3.83. The molecule has 0 atom stereocenters. The average Bonchev–Trinajstić information content (AvgIpc) is 3.14. The minimum Gasteiger partial charge on any atom is -0.398 e. The van der Waals surface area contributed by atoms with Crippen molar-refractivity contribution in [2.75, 3.05) is 11.5 Å². The zero-order chi connectivity index (χ0) is 13.8. The van der Waals surface area contributed by atoms with Crippen molar-refractivity contribution >= 4 is 41.0 Å². The lowest BCUT2D eigenvalue weighted by Crippen LogP contribution is -2.41. The van der Waals surface area contributed by atoms with Crippen molar-refractivity contribution in [3.63, 3.8) is 0 Å². The molecular formula is C12H14ClN3O2S. The largest absolute Gasteiger partial charge is 0.398 e. The number of benzene rings is 1. The number of amides is 3. The number of hydrogen-bond acceptors (Lipinski definition) is 4. The normalized spacial score (nSPS) is 13.9. The summed E-state index contributed by atoms with van der Waals surface area (Å²) in [5, 5.41) is 5.42. The van der Waals surface area contributed by atoms with Crippen molar-refractivity contribution in [1.82, 2.24) is 10.6 Å². The molecule has 0 saturated heterocycles. The molecule has 3 amide bonds. The molecule has 1 aromatic rings. The maximum atomic E-state index is 11.5. The first kappa shape index (κ1) is 14.0. The molecule has 0 radical (unpaired) electrons. The van der Waals surface area contributed by atoms with Crippen LogP contribution >= 0.6 is 23.4 Å². The van der Waals surface area contributed by atoms with Crippen LogP contribution < -0.4 is 16.4 Å². The van der Waals surface area contributed by atoms with Gasteiger partial charge < -0.3 is 11.1 Å².